The number of pyridine rings is 2. The predicted molar refractivity (Wildman–Crippen MR) is 50.9 cm³/mol. The number of nitrogens with zero attached hydrogens (tertiary/aromatic N) is 1. The van der Waals surface area contributed by atoms with Crippen LogP contribution in [-0.4, -0.2) is 15.9 Å². The number of nitrogens with one attached hydrogen (secondary N) is 1. The van der Waals surface area contributed by atoms with E-state index in [4.69, 9.17) is 5.73 Å². The molecule has 0 aliphatic rings. The molecule has 0 aliphatic carbocycles. The number of aromatic amines is 1. The molecule has 5 nitrogen and oxygen atoms in total. The van der Waals surface area contributed by atoms with E-state index in [1.54, 1.807) is 18.5 Å². The Labute approximate surface area is 78.6 Å². The number of carbonyl (C=O) groups excluding carboxylic acids is 1. The van der Waals surface area contributed by atoms with Crippen LogP contribution < -0.4 is 11.3 Å². The van der Waals surface area contributed by atoms with Crippen LogP contribution >= 0.6 is 0 Å². The molecular weight excluding hydrogens is 182 g/mol. The minimum absolute atomic E-state index is 0.0505. The molecule has 0 fully saturated rings. The molecule has 1 amide bonds. The predicted octanol–water partition coefficient (Wildman–Crippen LogP) is 0.0220. The monoisotopic (exact) mass is 189 g/mol. The lowest BCUT2D eigenvalue weighted by Gasteiger charge is -1.98. The lowest BCUT2D eigenvalue weighted by Crippen LogP contribution is -2.23. The Morgan fingerprint density at radius 1 is 1.50 bits per heavy atom. The van der Waals surface area contributed by atoms with Gasteiger partial charge in [-0.3, -0.25) is 14.6 Å². The Kier molecular flexibility index (Phi) is 1.78. The molecule has 0 aromatic carbocycles. The highest BCUT2D eigenvalue weighted by atomic mass is 16.2. The van der Waals surface area contributed by atoms with Crippen LogP contribution in [0.5, 0.6) is 0 Å². The van der Waals surface area contributed by atoms with Crippen LogP contribution in [0.25, 0.3) is 10.9 Å². The molecule has 5 heteroatoms. The normalized spacial score (nSPS) is 10.3. The van der Waals surface area contributed by atoms with E-state index in [0.717, 1.165) is 0 Å². The highest BCUT2D eigenvalue weighted by molar-refractivity contribution is 5.95. The average Bonchev–Trinajstić information content (AvgIpc) is 2.16. The van der Waals surface area contributed by atoms with Gasteiger partial charge in [-0.2, -0.15) is 0 Å². The van der Waals surface area contributed by atoms with Gasteiger partial charge in [0.2, 0.25) is 0 Å². The number of hydrogen-bond donors (Lipinski definition) is 2. The first kappa shape index (κ1) is 8.43. The van der Waals surface area contributed by atoms with E-state index in [1.165, 1.54) is 6.07 Å². The molecule has 0 saturated carbocycles. The number of amides is 1. The molecule has 2 aromatic rings. The van der Waals surface area contributed by atoms with Crippen molar-refractivity contribution in [2.75, 3.05) is 0 Å². The Bertz CT molecular complexity index is 559. The number of hydrogen-bond acceptors (Lipinski definition) is 3. The zero-order valence-corrected chi connectivity index (χ0v) is 7.15. The lowest BCUT2D eigenvalue weighted by atomic mass is 10.2. The average molecular weight is 189 g/mol. The van der Waals surface area contributed by atoms with Crippen LogP contribution in [0.3, 0.4) is 0 Å². The largest absolute Gasteiger partial charge is 0.365 e. The summed E-state index contributed by atoms with van der Waals surface area (Å²) in [7, 11) is 0. The van der Waals surface area contributed by atoms with E-state index < -0.39 is 11.5 Å². The Balaban J connectivity index is 2.84. The lowest BCUT2D eigenvalue weighted by molar-refractivity contribution is 0.0999. The van der Waals surface area contributed by atoms with Gasteiger partial charge in [-0.05, 0) is 12.1 Å². The van der Waals surface area contributed by atoms with Crippen LogP contribution in [0, 0.1) is 0 Å². The molecule has 2 heterocycles. The fourth-order valence-corrected chi connectivity index (χ4v) is 1.23. The van der Waals surface area contributed by atoms with Gasteiger partial charge in [0.15, 0.2) is 0 Å². The maximum atomic E-state index is 11.3. The highest BCUT2D eigenvalue weighted by Gasteiger charge is 2.07. The highest BCUT2D eigenvalue weighted by Crippen LogP contribution is 2.07. The van der Waals surface area contributed by atoms with Crippen LogP contribution in [0.1, 0.15) is 10.4 Å². The standard InChI is InChI=1S/C9H7N3O2/c10-8(13)6-3-5-4-11-2-1-7(5)12-9(6)14/h1-4H,(H2,10,13)(H,12,14). The van der Waals surface area contributed by atoms with E-state index in [1.807, 2.05) is 0 Å². The van der Waals surface area contributed by atoms with Crippen molar-refractivity contribution in [2.24, 2.45) is 5.73 Å². The van der Waals surface area contributed by atoms with Crippen molar-refractivity contribution in [3.63, 3.8) is 0 Å². The van der Waals surface area contributed by atoms with Gasteiger partial charge in [0.05, 0.1) is 5.52 Å². The van der Waals surface area contributed by atoms with Crippen molar-refractivity contribution >= 4 is 16.8 Å². The van der Waals surface area contributed by atoms with Crippen molar-refractivity contribution in [3.05, 3.63) is 40.4 Å². The van der Waals surface area contributed by atoms with Crippen molar-refractivity contribution in [3.8, 4) is 0 Å². The number of H-pyrrole nitrogens is 1. The molecule has 0 saturated heterocycles. The number of primary amides is 1. The molecule has 0 spiro atoms. The summed E-state index contributed by atoms with van der Waals surface area (Å²) in [4.78, 5) is 28.6. The molecule has 0 atom stereocenters. The van der Waals surface area contributed by atoms with Crippen molar-refractivity contribution in [2.45, 2.75) is 0 Å². The number of nitrogens with two attached hydrogens (primary N) is 1. The zero-order valence-electron chi connectivity index (χ0n) is 7.15. The number of aromatic nitrogens is 2. The molecule has 2 rings (SSSR count). The summed E-state index contributed by atoms with van der Waals surface area (Å²) < 4.78 is 0. The molecule has 0 radical (unpaired) electrons. The smallest absolute Gasteiger partial charge is 0.261 e. The van der Waals surface area contributed by atoms with Crippen LogP contribution in [0.2, 0.25) is 0 Å². The second kappa shape index (κ2) is 2.95. The second-order valence-corrected chi connectivity index (χ2v) is 2.84. The van der Waals surface area contributed by atoms with E-state index in [2.05, 4.69) is 9.97 Å². The Hall–Kier alpha value is -2.17. The van der Waals surface area contributed by atoms with Gasteiger partial charge in [-0.25, -0.2) is 0 Å². The summed E-state index contributed by atoms with van der Waals surface area (Å²) >= 11 is 0. The molecule has 0 unspecified atom stereocenters. The summed E-state index contributed by atoms with van der Waals surface area (Å²) in [6.45, 7) is 0. The third-order valence-corrected chi connectivity index (χ3v) is 1.91. The third-order valence-electron chi connectivity index (χ3n) is 1.91. The third kappa shape index (κ3) is 1.24. The maximum Gasteiger partial charge on any atom is 0.261 e. The Morgan fingerprint density at radius 2 is 2.29 bits per heavy atom. The molecule has 3 N–H and O–H groups in total. The van der Waals surface area contributed by atoms with Crippen LogP contribution in [0.4, 0.5) is 0 Å². The van der Waals surface area contributed by atoms with Gasteiger partial charge >= 0.3 is 0 Å². The summed E-state index contributed by atoms with van der Waals surface area (Å²) in [5, 5.41) is 0.681. The fraction of sp³-hybridized carbons (Fsp3) is 0. The van der Waals surface area contributed by atoms with Crippen molar-refractivity contribution < 1.29 is 4.79 Å². The summed E-state index contributed by atoms with van der Waals surface area (Å²) in [5.74, 6) is -0.739. The number of rotatable bonds is 1. The van der Waals surface area contributed by atoms with E-state index in [-0.39, 0.29) is 5.56 Å². The van der Waals surface area contributed by atoms with E-state index in [0.29, 0.717) is 10.9 Å². The van der Waals surface area contributed by atoms with Crippen molar-refractivity contribution in [1.82, 2.24) is 9.97 Å². The molecule has 70 valence electrons. The van der Waals surface area contributed by atoms with Crippen LogP contribution in [0.15, 0.2) is 29.3 Å². The van der Waals surface area contributed by atoms with E-state index in [9.17, 15) is 9.59 Å². The molecule has 0 bridgehead atoms. The summed E-state index contributed by atoms with van der Waals surface area (Å²) in [5.41, 5.74) is 5.13. The van der Waals surface area contributed by atoms with E-state index >= 15 is 0 Å². The maximum absolute atomic E-state index is 11.3. The van der Waals surface area contributed by atoms with Gasteiger partial charge in [-0.15, -0.1) is 0 Å². The fourth-order valence-electron chi connectivity index (χ4n) is 1.23. The molecule has 0 aliphatic heterocycles. The van der Waals surface area contributed by atoms with Gasteiger partial charge in [0.25, 0.3) is 11.5 Å². The first-order valence-corrected chi connectivity index (χ1v) is 3.95. The SMILES string of the molecule is NC(=O)c1cc2cnccc2[nH]c1=O. The molecular formula is C9H7N3O2. The minimum Gasteiger partial charge on any atom is -0.365 e. The van der Waals surface area contributed by atoms with Crippen LogP contribution in [-0.2, 0) is 0 Å². The van der Waals surface area contributed by atoms with Gasteiger partial charge < -0.3 is 10.7 Å². The number of carbonyl (C=O) groups is 1. The molecule has 14 heavy (non-hydrogen) atoms. The summed E-state index contributed by atoms with van der Waals surface area (Å²) in [6, 6.07) is 3.09. The first-order chi connectivity index (χ1) is 6.68. The quantitative estimate of drug-likeness (QED) is 0.662. The summed E-state index contributed by atoms with van der Waals surface area (Å²) in [6.07, 6.45) is 3.11. The topological polar surface area (TPSA) is 88.8 Å². The van der Waals surface area contributed by atoms with Gasteiger partial charge in [-0.1, -0.05) is 0 Å². The first-order valence-electron chi connectivity index (χ1n) is 3.95. The number of fused-ring (bicyclic) bond motifs is 1. The van der Waals surface area contributed by atoms with Crippen molar-refractivity contribution in [1.29, 1.82) is 0 Å². The zero-order chi connectivity index (χ0) is 10.1. The van der Waals surface area contributed by atoms with Gasteiger partial charge in [0, 0.05) is 17.8 Å². The minimum atomic E-state index is -0.739. The second-order valence-electron chi connectivity index (χ2n) is 2.84. The Morgan fingerprint density at radius 3 is 3.00 bits per heavy atom. The molecule has 2 aromatic heterocycles. The van der Waals surface area contributed by atoms with Gasteiger partial charge in [0.1, 0.15) is 5.56 Å².